The molecule has 19 heavy (non-hydrogen) atoms. The van der Waals surface area contributed by atoms with Crippen LogP contribution in [0.15, 0.2) is 19.6 Å². The van der Waals surface area contributed by atoms with Crippen LogP contribution in [-0.2, 0) is 18.3 Å². The van der Waals surface area contributed by atoms with Gasteiger partial charge in [0.05, 0.1) is 6.61 Å². The first-order valence-electron chi connectivity index (χ1n) is 5.95. The van der Waals surface area contributed by atoms with E-state index in [0.29, 0.717) is 19.8 Å². The molecular formula is C12H16N4O3. The third-order valence-corrected chi connectivity index (χ3v) is 3.27. The van der Waals surface area contributed by atoms with E-state index in [9.17, 15) is 9.59 Å². The third-order valence-electron chi connectivity index (χ3n) is 3.27. The first-order valence-corrected chi connectivity index (χ1v) is 5.95. The lowest BCUT2D eigenvalue weighted by Crippen LogP contribution is -2.40. The molecule has 1 aliphatic rings. The van der Waals surface area contributed by atoms with Gasteiger partial charge in [-0.05, 0) is 19.9 Å². The summed E-state index contributed by atoms with van der Waals surface area (Å²) < 4.78 is 7.68. The minimum Gasteiger partial charge on any atom is -0.381 e. The maximum absolute atomic E-state index is 12.2. The predicted octanol–water partition coefficient (Wildman–Crippen LogP) is 0.248. The molecule has 0 radical (unpaired) electrons. The highest BCUT2D eigenvalue weighted by Crippen LogP contribution is 2.20. The Labute approximate surface area is 109 Å². The number of aromatic nitrogens is 2. The van der Waals surface area contributed by atoms with Gasteiger partial charge in [-0.15, -0.1) is 0 Å². The predicted molar refractivity (Wildman–Crippen MR) is 73.3 cm³/mol. The van der Waals surface area contributed by atoms with Crippen LogP contribution >= 0.6 is 0 Å². The van der Waals surface area contributed by atoms with Gasteiger partial charge >= 0.3 is 5.69 Å². The lowest BCUT2D eigenvalue weighted by atomic mass is 10.1. The molecule has 0 saturated carbocycles. The van der Waals surface area contributed by atoms with Crippen molar-refractivity contribution in [1.82, 2.24) is 9.13 Å². The van der Waals surface area contributed by atoms with Gasteiger partial charge in [-0.25, -0.2) is 9.79 Å². The molecule has 0 amide bonds. The van der Waals surface area contributed by atoms with Crippen LogP contribution in [0.5, 0.6) is 0 Å². The third kappa shape index (κ3) is 2.28. The SMILES string of the molecule is C=Nc1c(N=C)n(C)c(=O)n(CC2CCOC2)c1=O. The molecule has 0 aromatic carbocycles. The molecular weight excluding hydrogens is 248 g/mol. The highest BCUT2D eigenvalue weighted by molar-refractivity contribution is 5.61. The summed E-state index contributed by atoms with van der Waals surface area (Å²) in [5.74, 6) is 0.314. The molecule has 7 heteroatoms. The number of rotatable bonds is 4. The van der Waals surface area contributed by atoms with Crippen LogP contribution in [0, 0.1) is 5.92 Å². The van der Waals surface area contributed by atoms with Gasteiger partial charge < -0.3 is 4.74 Å². The lowest BCUT2D eigenvalue weighted by molar-refractivity contribution is 0.182. The summed E-state index contributed by atoms with van der Waals surface area (Å²) in [4.78, 5) is 31.7. The zero-order valence-electron chi connectivity index (χ0n) is 10.8. The standard InChI is InChI=1S/C12H16N4O3/c1-13-9-10(14-2)15(3)12(18)16(11(9)17)6-8-4-5-19-7-8/h8H,1-2,4-7H2,3H3. The number of hydrogen-bond acceptors (Lipinski definition) is 5. The van der Waals surface area contributed by atoms with Gasteiger partial charge in [0.25, 0.3) is 5.56 Å². The van der Waals surface area contributed by atoms with Gasteiger partial charge in [0.15, 0.2) is 11.5 Å². The van der Waals surface area contributed by atoms with E-state index in [4.69, 9.17) is 4.74 Å². The van der Waals surface area contributed by atoms with Crippen molar-refractivity contribution in [3.63, 3.8) is 0 Å². The summed E-state index contributed by atoms with van der Waals surface area (Å²) in [5, 5.41) is 0. The van der Waals surface area contributed by atoms with Crippen LogP contribution in [0.3, 0.4) is 0 Å². The second kappa shape index (κ2) is 5.31. The summed E-state index contributed by atoms with van der Waals surface area (Å²) in [6.07, 6.45) is 0.841. The first-order chi connectivity index (χ1) is 9.10. The van der Waals surface area contributed by atoms with Crippen molar-refractivity contribution in [3.05, 3.63) is 20.8 Å². The summed E-state index contributed by atoms with van der Waals surface area (Å²) in [5.41, 5.74) is -0.852. The number of nitrogens with zero attached hydrogens (tertiary/aromatic N) is 4. The average Bonchev–Trinajstić information content (AvgIpc) is 2.91. The highest BCUT2D eigenvalue weighted by atomic mass is 16.5. The lowest BCUT2D eigenvalue weighted by Gasteiger charge is -2.13. The van der Waals surface area contributed by atoms with E-state index in [0.717, 1.165) is 11.0 Å². The number of aliphatic imine (C=N–C) groups is 2. The van der Waals surface area contributed by atoms with Gasteiger partial charge in [-0.3, -0.25) is 18.9 Å². The van der Waals surface area contributed by atoms with E-state index < -0.39 is 11.2 Å². The number of ether oxygens (including phenoxy) is 1. The monoisotopic (exact) mass is 264 g/mol. The Morgan fingerprint density at radius 3 is 2.63 bits per heavy atom. The van der Waals surface area contributed by atoms with Crippen LogP contribution in [0.4, 0.5) is 11.5 Å². The van der Waals surface area contributed by atoms with Crippen molar-refractivity contribution < 1.29 is 4.74 Å². The van der Waals surface area contributed by atoms with E-state index in [2.05, 4.69) is 23.4 Å². The molecule has 0 aliphatic carbocycles. The van der Waals surface area contributed by atoms with E-state index in [-0.39, 0.29) is 17.4 Å². The maximum atomic E-state index is 12.2. The fraction of sp³-hybridized carbons (Fsp3) is 0.500. The fourth-order valence-electron chi connectivity index (χ4n) is 2.21. The van der Waals surface area contributed by atoms with Crippen LogP contribution in [0.2, 0.25) is 0 Å². The Morgan fingerprint density at radius 1 is 1.37 bits per heavy atom. The Kier molecular flexibility index (Phi) is 3.75. The van der Waals surface area contributed by atoms with Crippen molar-refractivity contribution in [2.24, 2.45) is 23.0 Å². The van der Waals surface area contributed by atoms with Gasteiger partial charge in [-0.2, -0.15) is 0 Å². The molecule has 1 aromatic heterocycles. The largest absolute Gasteiger partial charge is 0.381 e. The summed E-state index contributed by atoms with van der Waals surface area (Å²) >= 11 is 0. The molecule has 1 atom stereocenters. The summed E-state index contributed by atoms with van der Waals surface area (Å²) in [6, 6.07) is 0. The quantitative estimate of drug-likeness (QED) is 0.731. The van der Waals surface area contributed by atoms with E-state index in [1.807, 2.05) is 0 Å². The van der Waals surface area contributed by atoms with Crippen molar-refractivity contribution in [1.29, 1.82) is 0 Å². The Balaban J connectivity index is 2.57. The van der Waals surface area contributed by atoms with Crippen LogP contribution in [0.25, 0.3) is 0 Å². The molecule has 0 N–H and O–H groups in total. The second-order valence-corrected chi connectivity index (χ2v) is 4.48. The molecule has 1 saturated heterocycles. The molecule has 102 valence electrons. The second-order valence-electron chi connectivity index (χ2n) is 4.48. The molecule has 1 aliphatic heterocycles. The van der Waals surface area contributed by atoms with E-state index >= 15 is 0 Å². The zero-order valence-corrected chi connectivity index (χ0v) is 10.8. The van der Waals surface area contributed by atoms with Crippen molar-refractivity contribution in [2.45, 2.75) is 13.0 Å². The van der Waals surface area contributed by atoms with Crippen LogP contribution < -0.4 is 11.2 Å². The van der Waals surface area contributed by atoms with Crippen LogP contribution in [0.1, 0.15) is 6.42 Å². The minimum atomic E-state index is -0.479. The van der Waals surface area contributed by atoms with Crippen molar-refractivity contribution in [3.8, 4) is 0 Å². The molecule has 1 unspecified atom stereocenters. The maximum Gasteiger partial charge on any atom is 0.332 e. The molecule has 0 bridgehead atoms. The first kappa shape index (κ1) is 13.4. The highest BCUT2D eigenvalue weighted by Gasteiger charge is 2.21. The Bertz CT molecular complexity index is 623. The average molecular weight is 264 g/mol. The Hall–Kier alpha value is -2.02. The summed E-state index contributed by atoms with van der Waals surface area (Å²) in [6.45, 7) is 8.26. The fourth-order valence-corrected chi connectivity index (χ4v) is 2.21. The van der Waals surface area contributed by atoms with Gasteiger partial charge in [0, 0.05) is 26.1 Å². The van der Waals surface area contributed by atoms with Crippen molar-refractivity contribution >= 4 is 24.9 Å². The number of hydrogen-bond donors (Lipinski definition) is 0. The molecule has 1 fully saturated rings. The van der Waals surface area contributed by atoms with Gasteiger partial charge in [0.2, 0.25) is 0 Å². The molecule has 2 rings (SSSR count). The molecule has 2 heterocycles. The molecule has 0 spiro atoms. The molecule has 7 nitrogen and oxygen atoms in total. The molecule has 1 aromatic rings. The van der Waals surface area contributed by atoms with Gasteiger partial charge in [-0.1, -0.05) is 0 Å². The van der Waals surface area contributed by atoms with Gasteiger partial charge in [0.1, 0.15) is 0 Å². The van der Waals surface area contributed by atoms with E-state index in [1.54, 1.807) is 0 Å². The smallest absolute Gasteiger partial charge is 0.332 e. The topological polar surface area (TPSA) is 77.9 Å². The van der Waals surface area contributed by atoms with E-state index in [1.165, 1.54) is 11.6 Å². The zero-order chi connectivity index (χ0) is 14.0. The van der Waals surface area contributed by atoms with Crippen molar-refractivity contribution in [2.75, 3.05) is 13.2 Å². The van der Waals surface area contributed by atoms with Crippen LogP contribution in [-0.4, -0.2) is 35.8 Å². The summed E-state index contributed by atoms with van der Waals surface area (Å²) in [7, 11) is 1.53. The minimum absolute atomic E-state index is 0.0519. The Morgan fingerprint density at radius 2 is 2.11 bits per heavy atom. The normalized spacial score (nSPS) is 18.5.